The Morgan fingerprint density at radius 1 is 1.70 bits per heavy atom. The van der Waals surface area contributed by atoms with Crippen molar-refractivity contribution < 1.29 is 4.79 Å². The number of carbonyl (C=O) groups is 1. The Labute approximate surface area is 60.2 Å². The van der Waals surface area contributed by atoms with Gasteiger partial charge in [0.05, 0.1) is 0 Å². The van der Waals surface area contributed by atoms with Crippen LogP contribution >= 0.6 is 0 Å². The van der Waals surface area contributed by atoms with E-state index in [9.17, 15) is 4.79 Å². The molecule has 2 bridgehead atoms. The van der Waals surface area contributed by atoms with Gasteiger partial charge in [0.25, 0.3) is 0 Å². The van der Waals surface area contributed by atoms with E-state index in [0.717, 1.165) is 13.0 Å². The monoisotopic (exact) mass is 140 g/mol. The third kappa shape index (κ3) is 0.560. The number of nitrogens with zero attached hydrogens (tertiary/aromatic N) is 1. The molecule has 3 rings (SSSR count). The number of fused-ring (bicyclic) bond motifs is 1. The number of hydrogen-bond donors (Lipinski definition) is 1. The lowest BCUT2D eigenvalue weighted by Crippen LogP contribution is -2.50. The Balaban J connectivity index is 2.10. The molecule has 1 aliphatic carbocycles. The van der Waals surface area contributed by atoms with Gasteiger partial charge in [0.2, 0.25) is 5.91 Å². The predicted octanol–water partition coefficient (Wildman–Crippen LogP) is -0.436. The summed E-state index contributed by atoms with van der Waals surface area (Å²) in [5, 5.41) is 0. The third-order valence-electron chi connectivity index (χ3n) is 2.77. The van der Waals surface area contributed by atoms with Crippen molar-refractivity contribution in [1.82, 2.24) is 4.90 Å². The molecule has 0 aromatic rings. The zero-order valence-electron chi connectivity index (χ0n) is 6.08. The van der Waals surface area contributed by atoms with Crippen molar-refractivity contribution in [3.63, 3.8) is 0 Å². The molecule has 2 saturated heterocycles. The molecule has 10 heavy (non-hydrogen) atoms. The molecule has 3 heteroatoms. The van der Waals surface area contributed by atoms with Crippen molar-refractivity contribution in [2.24, 2.45) is 11.7 Å². The predicted molar refractivity (Wildman–Crippen MR) is 37.3 cm³/mol. The molecular formula is C7H12N2O. The minimum atomic E-state index is 0.181. The Hall–Kier alpha value is -0.570. The van der Waals surface area contributed by atoms with Gasteiger partial charge in [-0.3, -0.25) is 4.79 Å². The van der Waals surface area contributed by atoms with Crippen molar-refractivity contribution in [3.05, 3.63) is 0 Å². The summed E-state index contributed by atoms with van der Waals surface area (Å²) in [6.07, 6.45) is 1.14. The topological polar surface area (TPSA) is 46.3 Å². The van der Waals surface area contributed by atoms with Crippen molar-refractivity contribution >= 4 is 5.91 Å². The van der Waals surface area contributed by atoms with E-state index in [0.29, 0.717) is 12.0 Å². The Bertz CT molecular complexity index is 180. The highest BCUT2D eigenvalue weighted by Gasteiger charge is 2.50. The van der Waals surface area contributed by atoms with E-state index in [1.165, 1.54) is 0 Å². The van der Waals surface area contributed by atoms with Gasteiger partial charge in [-0.2, -0.15) is 0 Å². The van der Waals surface area contributed by atoms with Crippen molar-refractivity contribution in [1.29, 1.82) is 0 Å². The lowest BCUT2D eigenvalue weighted by molar-refractivity contribution is -0.129. The second kappa shape index (κ2) is 1.72. The summed E-state index contributed by atoms with van der Waals surface area (Å²) in [6.45, 7) is 2.52. The van der Waals surface area contributed by atoms with E-state index in [-0.39, 0.29) is 11.9 Å². The smallest absolute Gasteiger partial charge is 0.219 e. The van der Waals surface area contributed by atoms with E-state index >= 15 is 0 Å². The quantitative estimate of drug-likeness (QED) is 0.496. The van der Waals surface area contributed by atoms with Gasteiger partial charge >= 0.3 is 0 Å². The molecule has 0 radical (unpaired) electrons. The summed E-state index contributed by atoms with van der Waals surface area (Å²) in [5.41, 5.74) is 5.76. The largest absolute Gasteiger partial charge is 0.338 e. The summed E-state index contributed by atoms with van der Waals surface area (Å²) < 4.78 is 0. The van der Waals surface area contributed by atoms with Crippen LogP contribution in [0.25, 0.3) is 0 Å². The van der Waals surface area contributed by atoms with Gasteiger partial charge < -0.3 is 10.6 Å². The molecule has 3 unspecified atom stereocenters. The first-order valence-corrected chi connectivity index (χ1v) is 3.73. The molecule has 2 N–H and O–H groups in total. The second-order valence-electron chi connectivity index (χ2n) is 3.31. The van der Waals surface area contributed by atoms with Crippen molar-refractivity contribution in [2.75, 3.05) is 6.54 Å². The molecule has 1 amide bonds. The molecule has 3 nitrogen and oxygen atoms in total. The van der Waals surface area contributed by atoms with Crippen LogP contribution in [-0.2, 0) is 4.79 Å². The number of nitrogens with two attached hydrogens (primary N) is 1. The highest BCUT2D eigenvalue weighted by atomic mass is 16.2. The van der Waals surface area contributed by atoms with Crippen LogP contribution in [0.4, 0.5) is 0 Å². The molecular weight excluding hydrogens is 128 g/mol. The normalized spacial score (nSPS) is 43.4. The first-order valence-electron chi connectivity index (χ1n) is 3.73. The summed E-state index contributed by atoms with van der Waals surface area (Å²) in [4.78, 5) is 12.8. The molecule has 2 heterocycles. The zero-order chi connectivity index (χ0) is 7.30. The van der Waals surface area contributed by atoms with Crippen LogP contribution in [-0.4, -0.2) is 29.4 Å². The Morgan fingerprint density at radius 2 is 2.40 bits per heavy atom. The van der Waals surface area contributed by atoms with Crippen LogP contribution in [0.1, 0.15) is 13.3 Å². The zero-order valence-corrected chi connectivity index (χ0v) is 6.08. The van der Waals surface area contributed by atoms with E-state index in [1.807, 2.05) is 4.90 Å². The van der Waals surface area contributed by atoms with Gasteiger partial charge in [-0.25, -0.2) is 0 Å². The SMILES string of the molecule is CC(=O)N1CC2CC1C2N. The van der Waals surface area contributed by atoms with E-state index in [1.54, 1.807) is 6.92 Å². The average molecular weight is 140 g/mol. The van der Waals surface area contributed by atoms with Gasteiger partial charge in [0.1, 0.15) is 0 Å². The molecule has 3 atom stereocenters. The van der Waals surface area contributed by atoms with Crippen LogP contribution in [0.15, 0.2) is 0 Å². The van der Waals surface area contributed by atoms with Gasteiger partial charge in [-0.1, -0.05) is 0 Å². The maximum absolute atomic E-state index is 10.9. The molecule has 3 fully saturated rings. The van der Waals surface area contributed by atoms with Gasteiger partial charge in [-0.05, 0) is 12.3 Å². The van der Waals surface area contributed by atoms with Crippen LogP contribution in [0.5, 0.6) is 0 Å². The lowest BCUT2D eigenvalue weighted by atomic mass is 9.81. The molecule has 0 aromatic heterocycles. The van der Waals surface area contributed by atoms with Crippen molar-refractivity contribution in [2.45, 2.75) is 25.4 Å². The molecule has 1 saturated carbocycles. The third-order valence-corrected chi connectivity index (χ3v) is 2.77. The lowest BCUT2D eigenvalue weighted by Gasteiger charge is -2.32. The van der Waals surface area contributed by atoms with Gasteiger partial charge in [0, 0.05) is 25.6 Å². The summed E-state index contributed by atoms with van der Waals surface area (Å²) in [5.74, 6) is 0.786. The van der Waals surface area contributed by atoms with E-state index < -0.39 is 0 Å². The molecule has 0 spiro atoms. The first-order chi connectivity index (χ1) is 4.70. The van der Waals surface area contributed by atoms with Crippen LogP contribution in [0.3, 0.4) is 0 Å². The maximum Gasteiger partial charge on any atom is 0.219 e. The van der Waals surface area contributed by atoms with E-state index in [2.05, 4.69) is 0 Å². The van der Waals surface area contributed by atoms with Crippen molar-refractivity contribution in [3.8, 4) is 0 Å². The van der Waals surface area contributed by atoms with Crippen LogP contribution in [0, 0.1) is 5.92 Å². The summed E-state index contributed by atoms with van der Waals surface area (Å²) in [6, 6.07) is 0.659. The fourth-order valence-corrected chi connectivity index (χ4v) is 2.02. The fraction of sp³-hybridized carbons (Fsp3) is 0.857. The summed E-state index contributed by atoms with van der Waals surface area (Å²) >= 11 is 0. The van der Waals surface area contributed by atoms with E-state index in [4.69, 9.17) is 5.73 Å². The minimum absolute atomic E-state index is 0.181. The Kier molecular flexibility index (Phi) is 1.06. The molecule has 2 aliphatic heterocycles. The standard InChI is InChI=1S/C7H12N2O/c1-4(10)9-3-5-2-6(9)7(5)8/h5-7H,2-3,8H2,1H3. The average Bonchev–Trinajstić information content (AvgIpc) is 2.40. The minimum Gasteiger partial charge on any atom is -0.338 e. The highest BCUT2D eigenvalue weighted by molar-refractivity contribution is 5.74. The first kappa shape index (κ1) is 6.16. The van der Waals surface area contributed by atoms with Gasteiger partial charge in [0.15, 0.2) is 0 Å². The number of carbonyl (C=O) groups excluding carboxylic acids is 1. The fourth-order valence-electron chi connectivity index (χ4n) is 2.02. The molecule has 56 valence electrons. The number of rotatable bonds is 0. The van der Waals surface area contributed by atoms with Crippen LogP contribution < -0.4 is 5.73 Å². The Morgan fingerprint density at radius 3 is 2.60 bits per heavy atom. The number of amides is 1. The summed E-state index contributed by atoms with van der Waals surface area (Å²) in [7, 11) is 0. The number of hydrogen-bond acceptors (Lipinski definition) is 2. The van der Waals surface area contributed by atoms with Gasteiger partial charge in [-0.15, -0.1) is 0 Å². The van der Waals surface area contributed by atoms with Crippen LogP contribution in [0.2, 0.25) is 0 Å². The highest BCUT2D eigenvalue weighted by Crippen LogP contribution is 2.39. The molecule has 0 aromatic carbocycles. The maximum atomic E-state index is 10.9. The second-order valence-corrected chi connectivity index (χ2v) is 3.31. The molecule has 3 aliphatic rings.